The van der Waals surface area contributed by atoms with Gasteiger partial charge in [0, 0.05) is 17.5 Å². The van der Waals surface area contributed by atoms with Gasteiger partial charge in [-0.2, -0.15) is 10.1 Å². The average molecular weight is 389 g/mol. The van der Waals surface area contributed by atoms with Gasteiger partial charge in [-0.1, -0.05) is 35.0 Å². The molecule has 0 fully saturated rings. The first-order chi connectivity index (χ1) is 14.0. The van der Waals surface area contributed by atoms with Crippen LogP contribution in [0.1, 0.15) is 33.2 Å². The summed E-state index contributed by atoms with van der Waals surface area (Å²) in [5, 5.41) is 8.30. The fourth-order valence-electron chi connectivity index (χ4n) is 2.84. The smallest absolute Gasteiger partial charge is 0.340 e. The van der Waals surface area contributed by atoms with Gasteiger partial charge in [0.25, 0.3) is 5.89 Å². The van der Waals surface area contributed by atoms with Gasteiger partial charge in [0.15, 0.2) is 12.4 Å². The molecule has 0 aliphatic heterocycles. The quantitative estimate of drug-likeness (QED) is 0.481. The zero-order valence-corrected chi connectivity index (χ0v) is 16.3. The Morgan fingerprint density at radius 1 is 1.10 bits per heavy atom. The minimum absolute atomic E-state index is 0.114. The Morgan fingerprint density at radius 3 is 2.55 bits per heavy atom. The number of carbonyl (C=O) groups is 1. The number of nitrogens with zero attached hydrogens (tertiary/aromatic N) is 5. The highest BCUT2D eigenvalue weighted by molar-refractivity contribution is 5.89. The van der Waals surface area contributed by atoms with E-state index in [1.165, 1.54) is 6.20 Å². The molecule has 0 radical (unpaired) electrons. The maximum Gasteiger partial charge on any atom is 0.340 e. The molecule has 4 rings (SSSR count). The van der Waals surface area contributed by atoms with Crippen LogP contribution in [0.5, 0.6) is 0 Å². The molecule has 29 heavy (non-hydrogen) atoms. The lowest BCUT2D eigenvalue weighted by atomic mass is 10.1. The molecule has 8 nitrogen and oxygen atoms in total. The van der Waals surface area contributed by atoms with Gasteiger partial charge in [-0.25, -0.2) is 14.5 Å². The van der Waals surface area contributed by atoms with Gasteiger partial charge in [-0.3, -0.25) is 0 Å². The number of esters is 1. The zero-order chi connectivity index (χ0) is 20.4. The molecule has 3 aromatic heterocycles. The van der Waals surface area contributed by atoms with Gasteiger partial charge < -0.3 is 9.26 Å². The number of aryl methyl sites for hydroxylation is 3. The number of rotatable bonds is 5. The normalized spacial score (nSPS) is 10.9. The van der Waals surface area contributed by atoms with Gasteiger partial charge in [-0.05, 0) is 39.0 Å². The summed E-state index contributed by atoms with van der Waals surface area (Å²) in [4.78, 5) is 20.8. The summed E-state index contributed by atoms with van der Waals surface area (Å²) in [5.41, 5.74) is 4.17. The van der Waals surface area contributed by atoms with Gasteiger partial charge in [-0.15, -0.1) is 0 Å². The standard InChI is InChI=1S/C21H19N5O3/c1-13-4-6-16(7-5-13)20-23-19(29-25-20)12-28-21(27)17-8-9-18(22-11-17)26-15(3)10-14(2)24-26/h4-11H,12H2,1-3H3. The van der Waals surface area contributed by atoms with E-state index in [2.05, 4.69) is 20.2 Å². The molecule has 0 N–H and O–H groups in total. The molecule has 0 amide bonds. The predicted octanol–water partition coefficient (Wildman–Crippen LogP) is 3.60. The third kappa shape index (κ3) is 4.06. The van der Waals surface area contributed by atoms with E-state index in [9.17, 15) is 4.79 Å². The van der Waals surface area contributed by atoms with Crippen molar-refractivity contribution in [2.45, 2.75) is 27.4 Å². The minimum Gasteiger partial charge on any atom is -0.452 e. The number of pyridine rings is 1. The number of hydrogen-bond donors (Lipinski definition) is 0. The van der Waals surface area contributed by atoms with E-state index in [1.54, 1.807) is 16.8 Å². The van der Waals surface area contributed by atoms with Crippen molar-refractivity contribution in [3.05, 3.63) is 77.1 Å². The number of benzene rings is 1. The van der Waals surface area contributed by atoms with Crippen LogP contribution < -0.4 is 0 Å². The third-order valence-electron chi connectivity index (χ3n) is 4.31. The number of ether oxygens (including phenoxy) is 1. The van der Waals surface area contributed by atoms with Crippen LogP contribution in [-0.2, 0) is 11.3 Å². The maximum absolute atomic E-state index is 12.3. The highest BCUT2D eigenvalue weighted by Crippen LogP contribution is 2.17. The van der Waals surface area contributed by atoms with Crippen molar-refractivity contribution in [3.63, 3.8) is 0 Å². The molecule has 0 saturated carbocycles. The lowest BCUT2D eigenvalue weighted by Crippen LogP contribution is -2.08. The summed E-state index contributed by atoms with van der Waals surface area (Å²) < 4.78 is 12.1. The summed E-state index contributed by atoms with van der Waals surface area (Å²) in [6.07, 6.45) is 1.46. The van der Waals surface area contributed by atoms with Gasteiger partial charge in [0.2, 0.25) is 5.82 Å². The van der Waals surface area contributed by atoms with E-state index < -0.39 is 5.97 Å². The summed E-state index contributed by atoms with van der Waals surface area (Å²) in [6, 6.07) is 13.1. The topological polar surface area (TPSA) is 95.9 Å². The van der Waals surface area contributed by atoms with Crippen LogP contribution in [0.4, 0.5) is 0 Å². The molecule has 0 aliphatic carbocycles. The molecule has 1 aromatic carbocycles. The van der Waals surface area contributed by atoms with Crippen molar-refractivity contribution in [1.29, 1.82) is 0 Å². The van der Waals surface area contributed by atoms with E-state index in [-0.39, 0.29) is 12.5 Å². The Balaban J connectivity index is 1.40. The highest BCUT2D eigenvalue weighted by Gasteiger charge is 2.14. The zero-order valence-electron chi connectivity index (χ0n) is 16.3. The number of aromatic nitrogens is 5. The van der Waals surface area contributed by atoms with Crippen LogP contribution in [0.25, 0.3) is 17.2 Å². The Kier molecular flexibility index (Phi) is 4.90. The minimum atomic E-state index is -0.521. The number of hydrogen-bond acceptors (Lipinski definition) is 7. The van der Waals surface area contributed by atoms with Gasteiger partial charge in [0.1, 0.15) is 0 Å². The van der Waals surface area contributed by atoms with Crippen LogP contribution >= 0.6 is 0 Å². The fourth-order valence-corrected chi connectivity index (χ4v) is 2.84. The molecule has 146 valence electrons. The second-order valence-corrected chi connectivity index (χ2v) is 6.70. The maximum atomic E-state index is 12.3. The van der Waals surface area contributed by atoms with Crippen molar-refractivity contribution in [3.8, 4) is 17.2 Å². The monoisotopic (exact) mass is 389 g/mol. The summed E-state index contributed by atoms with van der Waals surface area (Å²) in [5.74, 6) is 0.785. The van der Waals surface area contributed by atoms with Crippen LogP contribution in [0.3, 0.4) is 0 Å². The average Bonchev–Trinajstić information content (AvgIpc) is 3.33. The van der Waals surface area contributed by atoms with Gasteiger partial charge >= 0.3 is 5.97 Å². The molecule has 0 unspecified atom stereocenters. The second kappa shape index (κ2) is 7.67. The lowest BCUT2D eigenvalue weighted by Gasteiger charge is -2.05. The van der Waals surface area contributed by atoms with E-state index in [0.29, 0.717) is 17.2 Å². The largest absolute Gasteiger partial charge is 0.452 e. The second-order valence-electron chi connectivity index (χ2n) is 6.70. The van der Waals surface area contributed by atoms with E-state index in [0.717, 1.165) is 22.5 Å². The van der Waals surface area contributed by atoms with Crippen molar-refractivity contribution in [2.75, 3.05) is 0 Å². The summed E-state index contributed by atoms with van der Waals surface area (Å²) >= 11 is 0. The third-order valence-corrected chi connectivity index (χ3v) is 4.31. The predicted molar refractivity (Wildman–Crippen MR) is 104 cm³/mol. The molecule has 0 atom stereocenters. The SMILES string of the molecule is Cc1ccc(-c2noc(COC(=O)c3ccc(-n4nc(C)cc4C)nc3)n2)cc1. The molecule has 0 bridgehead atoms. The number of carbonyl (C=O) groups excluding carboxylic acids is 1. The first kappa shape index (κ1) is 18.5. The Hall–Kier alpha value is -3.81. The van der Waals surface area contributed by atoms with Crippen LogP contribution in [0.2, 0.25) is 0 Å². The molecular weight excluding hydrogens is 370 g/mol. The molecule has 8 heteroatoms. The Bertz CT molecular complexity index is 1140. The summed E-state index contributed by atoms with van der Waals surface area (Å²) in [6.45, 7) is 5.75. The van der Waals surface area contributed by atoms with Crippen molar-refractivity contribution >= 4 is 5.97 Å². The molecular formula is C21H19N5O3. The fraction of sp³-hybridized carbons (Fsp3) is 0.190. The van der Waals surface area contributed by atoms with E-state index in [1.807, 2.05) is 51.1 Å². The van der Waals surface area contributed by atoms with Gasteiger partial charge in [0.05, 0.1) is 11.3 Å². The molecule has 0 saturated heterocycles. The van der Waals surface area contributed by atoms with E-state index >= 15 is 0 Å². The van der Waals surface area contributed by atoms with Crippen LogP contribution in [0, 0.1) is 20.8 Å². The summed E-state index contributed by atoms with van der Waals surface area (Å²) in [7, 11) is 0. The highest BCUT2D eigenvalue weighted by atomic mass is 16.6. The molecule has 4 aromatic rings. The van der Waals surface area contributed by atoms with E-state index in [4.69, 9.17) is 9.26 Å². The Labute approximate surface area is 167 Å². The van der Waals surface area contributed by atoms with Crippen molar-refractivity contribution in [1.82, 2.24) is 24.9 Å². The Morgan fingerprint density at radius 2 is 1.90 bits per heavy atom. The van der Waals surface area contributed by atoms with Crippen molar-refractivity contribution in [2.24, 2.45) is 0 Å². The molecule has 0 aliphatic rings. The first-order valence-electron chi connectivity index (χ1n) is 9.06. The lowest BCUT2D eigenvalue weighted by molar-refractivity contribution is 0.0429. The molecule has 3 heterocycles. The van der Waals surface area contributed by atoms with Crippen LogP contribution in [-0.4, -0.2) is 30.9 Å². The molecule has 0 spiro atoms. The first-order valence-corrected chi connectivity index (χ1v) is 9.06. The van der Waals surface area contributed by atoms with Crippen LogP contribution in [0.15, 0.2) is 53.2 Å². The van der Waals surface area contributed by atoms with Crippen molar-refractivity contribution < 1.29 is 14.1 Å².